The maximum Gasteiger partial charge on any atom is 0.271 e. The molecule has 0 saturated heterocycles. The molecule has 0 saturated carbocycles. The maximum atomic E-state index is 11.5. The van der Waals surface area contributed by atoms with Crippen LogP contribution in [0.2, 0.25) is 0 Å². The van der Waals surface area contributed by atoms with Gasteiger partial charge in [0.1, 0.15) is 5.69 Å². The molecular weight excluding hydrogens is 194 g/mol. The largest absolute Gasteiger partial charge is 0.393 e. The monoisotopic (exact) mass is 211 g/mol. The predicted octanol–water partition coefficient (Wildman–Crippen LogP) is 0.311. The number of carbonyl (C=O) groups excluding carboxylic acids is 1. The average Bonchev–Trinajstić information content (AvgIpc) is 2.64. The lowest BCUT2D eigenvalue weighted by Crippen LogP contribution is -2.27. The third-order valence-corrected chi connectivity index (χ3v) is 2.18. The van der Waals surface area contributed by atoms with E-state index in [1.54, 1.807) is 24.0 Å². The van der Waals surface area contributed by atoms with Gasteiger partial charge in [0.05, 0.1) is 6.10 Å². The fourth-order valence-electron chi connectivity index (χ4n) is 1.18. The number of aryl methyl sites for hydroxylation is 1. The molecule has 15 heavy (non-hydrogen) atoms. The second-order valence-corrected chi connectivity index (χ2v) is 3.48. The molecule has 0 radical (unpaired) electrons. The minimum Gasteiger partial charge on any atom is -0.393 e. The van der Waals surface area contributed by atoms with Crippen LogP contribution >= 0.6 is 0 Å². The Morgan fingerprint density at radius 3 is 3.00 bits per heavy atom. The normalized spacial score (nSPS) is 12.5. The highest BCUT2D eigenvalue weighted by atomic mass is 16.3. The lowest BCUT2D eigenvalue weighted by molar-refractivity contribution is 0.0936. The van der Waals surface area contributed by atoms with Crippen LogP contribution in [0.25, 0.3) is 0 Å². The van der Waals surface area contributed by atoms with Crippen molar-refractivity contribution in [2.45, 2.75) is 25.9 Å². The molecule has 1 atom stereocenters. The Morgan fingerprint density at radius 2 is 2.47 bits per heavy atom. The first kappa shape index (κ1) is 11.7. The summed E-state index contributed by atoms with van der Waals surface area (Å²) in [7, 11) is 1.76. The summed E-state index contributed by atoms with van der Waals surface area (Å²) in [4.78, 5) is 11.5. The van der Waals surface area contributed by atoms with E-state index >= 15 is 0 Å². The van der Waals surface area contributed by atoms with E-state index in [2.05, 4.69) is 10.4 Å². The van der Waals surface area contributed by atoms with E-state index in [1.165, 1.54) is 0 Å². The Morgan fingerprint density at radius 1 is 1.73 bits per heavy atom. The molecule has 1 rings (SSSR count). The molecule has 84 valence electrons. The van der Waals surface area contributed by atoms with Gasteiger partial charge in [-0.15, -0.1) is 0 Å². The Labute approximate surface area is 89.1 Å². The van der Waals surface area contributed by atoms with Gasteiger partial charge in [-0.25, -0.2) is 0 Å². The van der Waals surface area contributed by atoms with Crippen molar-refractivity contribution in [1.82, 2.24) is 15.1 Å². The predicted molar refractivity (Wildman–Crippen MR) is 56.5 cm³/mol. The molecule has 5 nitrogen and oxygen atoms in total. The zero-order chi connectivity index (χ0) is 11.3. The number of hydrogen-bond acceptors (Lipinski definition) is 3. The number of rotatable bonds is 5. The van der Waals surface area contributed by atoms with Crippen LogP contribution in [0.1, 0.15) is 30.3 Å². The van der Waals surface area contributed by atoms with Gasteiger partial charge in [-0.3, -0.25) is 9.48 Å². The number of aromatic nitrogens is 2. The summed E-state index contributed by atoms with van der Waals surface area (Å²) in [6.07, 6.45) is 2.67. The van der Waals surface area contributed by atoms with Gasteiger partial charge >= 0.3 is 0 Å². The van der Waals surface area contributed by atoms with Crippen molar-refractivity contribution >= 4 is 5.91 Å². The van der Waals surface area contributed by atoms with Crippen molar-refractivity contribution in [2.24, 2.45) is 7.05 Å². The van der Waals surface area contributed by atoms with Gasteiger partial charge in [-0.05, 0) is 18.9 Å². The van der Waals surface area contributed by atoms with E-state index in [9.17, 15) is 9.90 Å². The van der Waals surface area contributed by atoms with Gasteiger partial charge in [0.2, 0.25) is 0 Å². The highest BCUT2D eigenvalue weighted by Crippen LogP contribution is 1.96. The van der Waals surface area contributed by atoms with Gasteiger partial charge in [-0.1, -0.05) is 6.92 Å². The molecule has 0 aliphatic carbocycles. The first-order chi connectivity index (χ1) is 7.13. The van der Waals surface area contributed by atoms with Crippen LogP contribution in [0, 0.1) is 0 Å². The van der Waals surface area contributed by atoms with Gasteiger partial charge in [0.15, 0.2) is 0 Å². The third kappa shape index (κ3) is 3.71. The fraction of sp³-hybridized carbons (Fsp3) is 0.600. The number of amides is 1. The van der Waals surface area contributed by atoms with Crippen molar-refractivity contribution in [3.8, 4) is 0 Å². The van der Waals surface area contributed by atoms with Crippen LogP contribution < -0.4 is 5.32 Å². The smallest absolute Gasteiger partial charge is 0.271 e. The fourth-order valence-corrected chi connectivity index (χ4v) is 1.18. The quantitative estimate of drug-likeness (QED) is 0.736. The molecule has 1 amide bonds. The van der Waals surface area contributed by atoms with Crippen molar-refractivity contribution in [1.29, 1.82) is 0 Å². The number of aliphatic hydroxyl groups excluding tert-OH is 1. The van der Waals surface area contributed by atoms with Crippen LogP contribution in [0.5, 0.6) is 0 Å². The average molecular weight is 211 g/mol. The number of carbonyl (C=O) groups is 1. The van der Waals surface area contributed by atoms with Crippen molar-refractivity contribution < 1.29 is 9.90 Å². The molecule has 1 aromatic rings. The molecule has 5 heteroatoms. The van der Waals surface area contributed by atoms with Gasteiger partial charge in [0.25, 0.3) is 5.91 Å². The summed E-state index contributed by atoms with van der Waals surface area (Å²) in [6, 6.07) is 1.66. The second kappa shape index (κ2) is 5.50. The Balaban J connectivity index is 2.31. The van der Waals surface area contributed by atoms with Gasteiger partial charge < -0.3 is 10.4 Å². The molecule has 2 N–H and O–H groups in total. The van der Waals surface area contributed by atoms with E-state index in [0.717, 1.165) is 0 Å². The van der Waals surface area contributed by atoms with Crippen LogP contribution in [-0.2, 0) is 7.05 Å². The second-order valence-electron chi connectivity index (χ2n) is 3.48. The van der Waals surface area contributed by atoms with Crippen LogP contribution in [0.3, 0.4) is 0 Å². The van der Waals surface area contributed by atoms with E-state index in [-0.39, 0.29) is 12.0 Å². The Hall–Kier alpha value is -1.36. The lowest BCUT2D eigenvalue weighted by Gasteiger charge is -2.07. The van der Waals surface area contributed by atoms with E-state index < -0.39 is 0 Å². The molecule has 0 spiro atoms. The molecule has 1 unspecified atom stereocenters. The zero-order valence-electron chi connectivity index (χ0n) is 9.10. The van der Waals surface area contributed by atoms with Crippen molar-refractivity contribution in [2.75, 3.05) is 6.54 Å². The van der Waals surface area contributed by atoms with Crippen LogP contribution in [0.15, 0.2) is 12.3 Å². The number of hydrogen-bond donors (Lipinski definition) is 2. The lowest BCUT2D eigenvalue weighted by atomic mass is 10.2. The third-order valence-electron chi connectivity index (χ3n) is 2.18. The highest BCUT2D eigenvalue weighted by Gasteiger charge is 2.08. The van der Waals surface area contributed by atoms with Crippen molar-refractivity contribution in [3.63, 3.8) is 0 Å². The standard InChI is InChI=1S/C10H17N3O2/c1-3-8(14)4-6-11-10(15)9-5-7-13(2)12-9/h5,7-8,14H,3-4,6H2,1-2H3,(H,11,15). The van der Waals surface area contributed by atoms with E-state index in [4.69, 9.17) is 0 Å². The molecule has 1 heterocycles. The highest BCUT2D eigenvalue weighted by molar-refractivity contribution is 5.92. The van der Waals surface area contributed by atoms with E-state index in [1.807, 2.05) is 6.92 Å². The number of nitrogens with one attached hydrogen (secondary N) is 1. The Kier molecular flexibility index (Phi) is 4.30. The maximum absolute atomic E-state index is 11.5. The minimum absolute atomic E-state index is 0.195. The molecule has 0 bridgehead atoms. The van der Waals surface area contributed by atoms with E-state index in [0.29, 0.717) is 25.1 Å². The molecule has 0 aliphatic heterocycles. The minimum atomic E-state index is -0.339. The zero-order valence-corrected chi connectivity index (χ0v) is 9.10. The van der Waals surface area contributed by atoms with Crippen LogP contribution in [0.4, 0.5) is 0 Å². The van der Waals surface area contributed by atoms with Gasteiger partial charge in [-0.2, -0.15) is 5.10 Å². The summed E-state index contributed by atoms with van der Waals surface area (Å²) < 4.78 is 1.58. The summed E-state index contributed by atoms with van der Waals surface area (Å²) in [5.74, 6) is -0.195. The Bertz CT molecular complexity index is 322. The van der Waals surface area contributed by atoms with Crippen molar-refractivity contribution in [3.05, 3.63) is 18.0 Å². The molecule has 0 aliphatic rings. The molecular formula is C10H17N3O2. The number of nitrogens with zero attached hydrogens (tertiary/aromatic N) is 2. The topological polar surface area (TPSA) is 67.2 Å². The number of aliphatic hydroxyl groups is 1. The summed E-state index contributed by atoms with van der Waals surface area (Å²) >= 11 is 0. The first-order valence-electron chi connectivity index (χ1n) is 5.09. The summed E-state index contributed by atoms with van der Waals surface area (Å²) in [5, 5.41) is 15.9. The molecule has 0 aromatic carbocycles. The molecule has 1 aromatic heterocycles. The van der Waals surface area contributed by atoms with Crippen LogP contribution in [-0.4, -0.2) is 33.4 Å². The SMILES string of the molecule is CCC(O)CCNC(=O)c1ccn(C)n1. The summed E-state index contributed by atoms with van der Waals surface area (Å²) in [5.41, 5.74) is 0.406. The molecule has 0 fully saturated rings. The first-order valence-corrected chi connectivity index (χ1v) is 5.09. The summed E-state index contributed by atoms with van der Waals surface area (Å²) in [6.45, 7) is 2.38. The van der Waals surface area contributed by atoms with Gasteiger partial charge in [0, 0.05) is 19.8 Å².